The molecule has 0 amide bonds. The predicted molar refractivity (Wildman–Crippen MR) is 86.2 cm³/mol. The maximum absolute atomic E-state index is 6.30. The van der Waals surface area contributed by atoms with Crippen LogP contribution in [0.5, 0.6) is 0 Å². The zero-order valence-corrected chi connectivity index (χ0v) is 13.6. The largest absolute Gasteiger partial charge is 0.302 e. The molecule has 0 saturated heterocycles. The van der Waals surface area contributed by atoms with E-state index < -0.39 is 0 Å². The number of hydrogen-bond donors (Lipinski definition) is 2. The van der Waals surface area contributed by atoms with Crippen LogP contribution in [0.3, 0.4) is 0 Å². The van der Waals surface area contributed by atoms with Gasteiger partial charge in [0.1, 0.15) is 0 Å². The van der Waals surface area contributed by atoms with Gasteiger partial charge in [0.05, 0.1) is 0 Å². The standard InChI is InChI=1S/C15H23Cl2N3/c1-20(2)15(8-3-4-9-15)14(19-18)10-11-12(16)6-5-7-13(11)17/h5-7,14,19H,3-4,8-10,18H2,1-2H3. The van der Waals surface area contributed by atoms with Gasteiger partial charge < -0.3 is 4.90 Å². The fourth-order valence-electron chi connectivity index (χ4n) is 3.43. The van der Waals surface area contributed by atoms with Crippen molar-refractivity contribution >= 4 is 23.2 Å². The number of nitrogens with one attached hydrogen (secondary N) is 1. The Balaban J connectivity index is 2.28. The Morgan fingerprint density at radius 2 is 1.80 bits per heavy atom. The number of halogens is 2. The van der Waals surface area contributed by atoms with Crippen molar-refractivity contribution in [2.45, 2.75) is 43.7 Å². The van der Waals surface area contributed by atoms with Crippen LogP contribution in [0.1, 0.15) is 31.2 Å². The fourth-order valence-corrected chi connectivity index (χ4v) is 3.98. The average Bonchev–Trinajstić information content (AvgIpc) is 2.89. The van der Waals surface area contributed by atoms with Gasteiger partial charge in [-0.2, -0.15) is 0 Å². The molecule has 1 aliphatic carbocycles. The van der Waals surface area contributed by atoms with Crippen molar-refractivity contribution in [1.29, 1.82) is 0 Å². The highest BCUT2D eigenvalue weighted by Crippen LogP contribution is 2.39. The smallest absolute Gasteiger partial charge is 0.0453 e. The monoisotopic (exact) mass is 315 g/mol. The number of likely N-dealkylation sites (N-methyl/N-ethyl adjacent to an activating group) is 1. The van der Waals surface area contributed by atoms with Crippen LogP contribution in [0.2, 0.25) is 10.0 Å². The van der Waals surface area contributed by atoms with Crippen LogP contribution in [-0.2, 0) is 6.42 Å². The molecule has 1 atom stereocenters. The second-order valence-corrected chi connectivity index (χ2v) is 6.64. The van der Waals surface area contributed by atoms with Gasteiger partial charge >= 0.3 is 0 Å². The molecule has 1 aliphatic rings. The molecule has 0 aromatic heterocycles. The molecule has 112 valence electrons. The first-order valence-electron chi connectivity index (χ1n) is 7.07. The molecule has 5 heteroatoms. The van der Waals surface area contributed by atoms with Crippen molar-refractivity contribution in [3.63, 3.8) is 0 Å². The van der Waals surface area contributed by atoms with E-state index in [1.807, 2.05) is 18.2 Å². The Morgan fingerprint density at radius 1 is 1.25 bits per heavy atom. The van der Waals surface area contributed by atoms with Gasteiger partial charge in [0.2, 0.25) is 0 Å². The number of benzene rings is 1. The third-order valence-electron chi connectivity index (χ3n) is 4.68. The van der Waals surface area contributed by atoms with E-state index in [1.165, 1.54) is 12.8 Å². The maximum Gasteiger partial charge on any atom is 0.0453 e. The van der Waals surface area contributed by atoms with Gasteiger partial charge in [0.15, 0.2) is 0 Å². The van der Waals surface area contributed by atoms with Crippen LogP contribution in [0, 0.1) is 0 Å². The molecular weight excluding hydrogens is 293 g/mol. The highest BCUT2D eigenvalue weighted by atomic mass is 35.5. The van der Waals surface area contributed by atoms with Crippen molar-refractivity contribution in [2.75, 3.05) is 14.1 Å². The zero-order valence-electron chi connectivity index (χ0n) is 12.1. The summed E-state index contributed by atoms with van der Waals surface area (Å²) >= 11 is 12.6. The van der Waals surface area contributed by atoms with Crippen molar-refractivity contribution in [2.24, 2.45) is 5.84 Å². The molecule has 0 radical (unpaired) electrons. The Labute approximate surface area is 131 Å². The van der Waals surface area contributed by atoms with Crippen LogP contribution in [0.15, 0.2) is 18.2 Å². The van der Waals surface area contributed by atoms with E-state index >= 15 is 0 Å². The normalized spacial score (nSPS) is 19.5. The molecule has 1 unspecified atom stereocenters. The van der Waals surface area contributed by atoms with Crippen molar-refractivity contribution in [1.82, 2.24) is 10.3 Å². The molecule has 1 aromatic rings. The van der Waals surface area contributed by atoms with Crippen molar-refractivity contribution in [3.8, 4) is 0 Å². The third kappa shape index (κ3) is 2.97. The van der Waals surface area contributed by atoms with E-state index in [-0.39, 0.29) is 11.6 Å². The molecule has 0 spiro atoms. The van der Waals surface area contributed by atoms with Crippen LogP contribution < -0.4 is 11.3 Å². The molecular formula is C15H23Cl2N3. The molecule has 0 bridgehead atoms. The minimum absolute atomic E-state index is 0.0806. The van der Waals surface area contributed by atoms with E-state index in [0.29, 0.717) is 10.0 Å². The second-order valence-electron chi connectivity index (χ2n) is 5.83. The van der Waals surface area contributed by atoms with E-state index in [2.05, 4.69) is 24.4 Å². The zero-order chi connectivity index (χ0) is 14.8. The first kappa shape index (κ1) is 16.1. The molecule has 2 rings (SSSR count). The lowest BCUT2D eigenvalue weighted by Gasteiger charge is -2.43. The first-order chi connectivity index (χ1) is 9.51. The molecule has 0 aliphatic heterocycles. The fraction of sp³-hybridized carbons (Fsp3) is 0.600. The number of hydrogen-bond acceptors (Lipinski definition) is 3. The summed E-state index contributed by atoms with van der Waals surface area (Å²) in [6.07, 6.45) is 5.53. The lowest BCUT2D eigenvalue weighted by atomic mass is 9.83. The summed E-state index contributed by atoms with van der Waals surface area (Å²) in [7, 11) is 4.26. The van der Waals surface area contributed by atoms with Gasteiger partial charge in [-0.3, -0.25) is 11.3 Å². The summed E-state index contributed by atoms with van der Waals surface area (Å²) in [5, 5.41) is 1.43. The quantitative estimate of drug-likeness (QED) is 0.647. The van der Waals surface area contributed by atoms with Crippen LogP contribution in [0.25, 0.3) is 0 Å². The van der Waals surface area contributed by atoms with E-state index in [4.69, 9.17) is 29.0 Å². The molecule has 20 heavy (non-hydrogen) atoms. The average molecular weight is 316 g/mol. The lowest BCUT2D eigenvalue weighted by molar-refractivity contribution is 0.104. The van der Waals surface area contributed by atoms with Crippen LogP contribution in [0.4, 0.5) is 0 Å². The highest BCUT2D eigenvalue weighted by molar-refractivity contribution is 6.36. The summed E-state index contributed by atoms with van der Waals surface area (Å²) in [5.41, 5.74) is 4.07. The van der Waals surface area contributed by atoms with Gasteiger partial charge in [0, 0.05) is 21.6 Å². The third-order valence-corrected chi connectivity index (χ3v) is 5.39. The number of hydrazine groups is 1. The Morgan fingerprint density at radius 3 is 2.25 bits per heavy atom. The Hall–Kier alpha value is -0.320. The summed E-state index contributed by atoms with van der Waals surface area (Å²) in [5.74, 6) is 5.86. The van der Waals surface area contributed by atoms with Crippen LogP contribution >= 0.6 is 23.2 Å². The van der Waals surface area contributed by atoms with E-state index in [1.54, 1.807) is 0 Å². The summed E-state index contributed by atoms with van der Waals surface area (Å²) in [6.45, 7) is 0. The molecule has 1 fully saturated rings. The number of nitrogens with zero attached hydrogens (tertiary/aromatic N) is 1. The van der Waals surface area contributed by atoms with Gasteiger partial charge in [-0.15, -0.1) is 0 Å². The summed E-state index contributed by atoms with van der Waals surface area (Å²) in [4.78, 5) is 2.30. The second kappa shape index (κ2) is 6.63. The van der Waals surface area contributed by atoms with Gasteiger partial charge in [-0.25, -0.2) is 0 Å². The first-order valence-corrected chi connectivity index (χ1v) is 7.83. The van der Waals surface area contributed by atoms with E-state index in [9.17, 15) is 0 Å². The van der Waals surface area contributed by atoms with Crippen molar-refractivity contribution in [3.05, 3.63) is 33.8 Å². The van der Waals surface area contributed by atoms with Gasteiger partial charge in [-0.05, 0) is 51.1 Å². The molecule has 3 N–H and O–H groups in total. The summed E-state index contributed by atoms with van der Waals surface area (Å²) < 4.78 is 0. The lowest BCUT2D eigenvalue weighted by Crippen LogP contribution is -2.60. The SMILES string of the molecule is CN(C)C1(C(Cc2c(Cl)cccc2Cl)NN)CCCC1. The number of nitrogens with two attached hydrogens (primary N) is 1. The Bertz CT molecular complexity index is 436. The molecule has 1 saturated carbocycles. The Kier molecular flexibility index (Phi) is 5.32. The number of rotatable bonds is 5. The minimum atomic E-state index is 0.0806. The molecule has 3 nitrogen and oxygen atoms in total. The van der Waals surface area contributed by atoms with Gasteiger partial charge in [0.25, 0.3) is 0 Å². The van der Waals surface area contributed by atoms with Crippen molar-refractivity contribution < 1.29 is 0 Å². The van der Waals surface area contributed by atoms with E-state index in [0.717, 1.165) is 24.8 Å². The molecule has 1 aromatic carbocycles. The predicted octanol–water partition coefficient (Wildman–Crippen LogP) is 3.24. The maximum atomic E-state index is 6.30. The summed E-state index contributed by atoms with van der Waals surface area (Å²) in [6, 6.07) is 5.77. The van der Waals surface area contributed by atoms with Crippen LogP contribution in [-0.4, -0.2) is 30.6 Å². The minimum Gasteiger partial charge on any atom is -0.302 e. The highest BCUT2D eigenvalue weighted by Gasteiger charge is 2.43. The topological polar surface area (TPSA) is 41.3 Å². The molecule has 0 heterocycles. The van der Waals surface area contributed by atoms with Gasteiger partial charge in [-0.1, -0.05) is 42.1 Å².